The maximum Gasteiger partial charge on any atom is 0.347 e. The highest BCUT2D eigenvalue weighted by Crippen LogP contribution is 2.72. The standard InChI is InChI=1S/C15H17N3O2/c1-4-14-8-9-15(14,5-2)11-7-6-10(14)17-12(19)16(3)13(20)18(11)17/h4-7,10-11H,1-2,8-9H2,3H3/t10-,11?,14-,15?/m0/s1. The Bertz CT molecular complexity index is 730. The van der Waals surface area contributed by atoms with Crippen LogP contribution in [0.2, 0.25) is 0 Å². The van der Waals surface area contributed by atoms with E-state index in [1.807, 2.05) is 24.3 Å². The van der Waals surface area contributed by atoms with Crippen LogP contribution in [0, 0.1) is 10.8 Å². The molecule has 104 valence electrons. The van der Waals surface area contributed by atoms with Gasteiger partial charge in [-0.25, -0.2) is 23.5 Å². The summed E-state index contributed by atoms with van der Waals surface area (Å²) in [6.07, 6.45) is 9.98. The Morgan fingerprint density at radius 2 is 1.45 bits per heavy atom. The maximum atomic E-state index is 12.4. The summed E-state index contributed by atoms with van der Waals surface area (Å²) < 4.78 is 4.40. The molecule has 5 nitrogen and oxygen atoms in total. The van der Waals surface area contributed by atoms with Crippen molar-refractivity contribution in [2.24, 2.45) is 17.9 Å². The van der Waals surface area contributed by atoms with E-state index in [1.165, 1.54) is 11.6 Å². The molecule has 2 aliphatic heterocycles. The molecule has 0 amide bonds. The van der Waals surface area contributed by atoms with Gasteiger partial charge in [-0.2, -0.15) is 0 Å². The molecule has 0 radical (unpaired) electrons. The van der Waals surface area contributed by atoms with Gasteiger partial charge >= 0.3 is 11.4 Å². The molecule has 1 fully saturated rings. The number of rotatable bonds is 2. The van der Waals surface area contributed by atoms with Crippen molar-refractivity contribution in [1.82, 2.24) is 13.9 Å². The zero-order valence-electron chi connectivity index (χ0n) is 11.5. The van der Waals surface area contributed by atoms with E-state index in [4.69, 9.17) is 0 Å². The van der Waals surface area contributed by atoms with Gasteiger partial charge in [-0.3, -0.25) is 0 Å². The second-order valence-corrected chi connectivity index (χ2v) is 6.08. The Hall–Kier alpha value is -2.04. The molecule has 2 unspecified atom stereocenters. The number of hydrogen-bond acceptors (Lipinski definition) is 2. The predicted molar refractivity (Wildman–Crippen MR) is 75.6 cm³/mol. The van der Waals surface area contributed by atoms with Gasteiger partial charge in [0.1, 0.15) is 0 Å². The lowest BCUT2D eigenvalue weighted by molar-refractivity contribution is -0.109. The topological polar surface area (TPSA) is 48.9 Å². The molecule has 1 aromatic rings. The third kappa shape index (κ3) is 0.846. The first-order valence-corrected chi connectivity index (χ1v) is 6.89. The summed E-state index contributed by atoms with van der Waals surface area (Å²) in [7, 11) is 1.53. The van der Waals surface area contributed by atoms with Gasteiger partial charge in [0, 0.05) is 17.9 Å². The van der Waals surface area contributed by atoms with Crippen molar-refractivity contribution >= 4 is 0 Å². The highest BCUT2D eigenvalue weighted by molar-refractivity contribution is 5.36. The summed E-state index contributed by atoms with van der Waals surface area (Å²) in [5, 5.41) is 0. The fraction of sp³-hybridized carbons (Fsp3) is 0.467. The van der Waals surface area contributed by atoms with E-state index in [2.05, 4.69) is 13.2 Å². The minimum absolute atomic E-state index is 0.141. The highest BCUT2D eigenvalue weighted by Gasteiger charge is 2.68. The van der Waals surface area contributed by atoms with Crippen molar-refractivity contribution in [1.29, 1.82) is 0 Å². The molecule has 2 aliphatic carbocycles. The number of hydrogen-bond donors (Lipinski definition) is 0. The SMILES string of the molecule is C=CC12CC[C@@]1(C=C)[C@@H]1C=CC2n2c(=O)n(C)c(=O)n21. The maximum absolute atomic E-state index is 12.4. The first-order chi connectivity index (χ1) is 9.54. The Morgan fingerprint density at radius 3 is 1.75 bits per heavy atom. The molecule has 5 rings (SSSR count). The van der Waals surface area contributed by atoms with Crippen LogP contribution in [0.4, 0.5) is 0 Å². The molecule has 3 heterocycles. The molecule has 1 aromatic heterocycles. The molecule has 4 aliphatic rings. The lowest BCUT2D eigenvalue weighted by Crippen LogP contribution is -2.65. The normalized spacial score (nSPS) is 39.9. The third-order valence-electron chi connectivity index (χ3n) is 5.80. The van der Waals surface area contributed by atoms with Crippen LogP contribution in [0.15, 0.2) is 47.1 Å². The lowest BCUT2D eigenvalue weighted by atomic mass is 9.41. The van der Waals surface area contributed by atoms with Gasteiger partial charge in [0.25, 0.3) is 0 Å². The lowest BCUT2D eigenvalue weighted by Gasteiger charge is -2.67. The zero-order valence-corrected chi connectivity index (χ0v) is 11.5. The number of nitrogens with zero attached hydrogens (tertiary/aromatic N) is 3. The van der Waals surface area contributed by atoms with E-state index in [-0.39, 0.29) is 34.3 Å². The molecule has 0 aromatic carbocycles. The van der Waals surface area contributed by atoms with Gasteiger partial charge in [-0.1, -0.05) is 24.3 Å². The summed E-state index contributed by atoms with van der Waals surface area (Å²) in [5.74, 6) is 0. The van der Waals surface area contributed by atoms with Crippen LogP contribution in [0.3, 0.4) is 0 Å². The van der Waals surface area contributed by atoms with Gasteiger partial charge in [-0.15, -0.1) is 13.2 Å². The van der Waals surface area contributed by atoms with E-state index in [1.54, 1.807) is 9.36 Å². The summed E-state index contributed by atoms with van der Waals surface area (Å²) in [4.78, 5) is 24.7. The van der Waals surface area contributed by atoms with Crippen molar-refractivity contribution in [3.8, 4) is 0 Å². The number of aromatic nitrogens is 3. The van der Waals surface area contributed by atoms with Crippen LogP contribution in [-0.2, 0) is 7.05 Å². The highest BCUT2D eigenvalue weighted by atomic mass is 16.2. The zero-order chi connectivity index (χ0) is 14.3. The third-order valence-corrected chi connectivity index (χ3v) is 5.80. The molecule has 0 N–H and O–H groups in total. The van der Waals surface area contributed by atoms with E-state index in [9.17, 15) is 9.59 Å². The van der Waals surface area contributed by atoms with E-state index < -0.39 is 0 Å². The fourth-order valence-electron chi connectivity index (χ4n) is 4.61. The van der Waals surface area contributed by atoms with Crippen LogP contribution < -0.4 is 11.4 Å². The summed E-state index contributed by atoms with van der Waals surface area (Å²) in [6, 6.07) is -0.281. The van der Waals surface area contributed by atoms with Crippen LogP contribution in [0.1, 0.15) is 24.9 Å². The quantitative estimate of drug-likeness (QED) is 0.758. The van der Waals surface area contributed by atoms with E-state index in [0.29, 0.717) is 0 Å². The van der Waals surface area contributed by atoms with Crippen molar-refractivity contribution in [2.75, 3.05) is 0 Å². The molecular formula is C15H17N3O2. The molecule has 1 saturated carbocycles. The van der Waals surface area contributed by atoms with E-state index >= 15 is 0 Å². The molecule has 0 spiro atoms. The molecule has 20 heavy (non-hydrogen) atoms. The molecular weight excluding hydrogens is 254 g/mol. The van der Waals surface area contributed by atoms with Crippen molar-refractivity contribution < 1.29 is 0 Å². The second kappa shape index (κ2) is 3.16. The average molecular weight is 271 g/mol. The van der Waals surface area contributed by atoms with Gasteiger partial charge < -0.3 is 0 Å². The van der Waals surface area contributed by atoms with Crippen LogP contribution in [-0.4, -0.2) is 13.9 Å². The van der Waals surface area contributed by atoms with E-state index in [0.717, 1.165) is 12.8 Å². The molecule has 5 heteroatoms. The van der Waals surface area contributed by atoms with Crippen molar-refractivity contribution in [3.05, 3.63) is 58.4 Å². The van der Waals surface area contributed by atoms with Crippen LogP contribution in [0.25, 0.3) is 0 Å². The van der Waals surface area contributed by atoms with Crippen LogP contribution in [0.5, 0.6) is 0 Å². The summed E-state index contributed by atoms with van der Waals surface area (Å²) in [6.45, 7) is 8.02. The smallest absolute Gasteiger partial charge is 0.246 e. The molecule has 2 bridgehead atoms. The average Bonchev–Trinajstić information content (AvgIpc) is 2.66. The Morgan fingerprint density at radius 1 is 1.05 bits per heavy atom. The van der Waals surface area contributed by atoms with Gasteiger partial charge in [0.05, 0.1) is 12.1 Å². The van der Waals surface area contributed by atoms with Gasteiger partial charge in [-0.05, 0) is 12.8 Å². The fourth-order valence-corrected chi connectivity index (χ4v) is 4.61. The molecule has 4 atom stereocenters. The summed E-state index contributed by atoms with van der Waals surface area (Å²) >= 11 is 0. The number of allylic oxidation sites excluding steroid dienone is 4. The minimum Gasteiger partial charge on any atom is -0.246 e. The Labute approximate surface area is 116 Å². The van der Waals surface area contributed by atoms with Crippen LogP contribution >= 0.6 is 0 Å². The Kier molecular flexibility index (Phi) is 1.86. The first kappa shape index (κ1) is 11.8. The largest absolute Gasteiger partial charge is 0.347 e. The summed E-state index contributed by atoms with van der Waals surface area (Å²) in [5.41, 5.74) is -0.877. The van der Waals surface area contributed by atoms with Gasteiger partial charge in [0.2, 0.25) is 0 Å². The molecule has 0 saturated heterocycles. The predicted octanol–water partition coefficient (Wildman–Crippen LogP) is 1.15. The Balaban J connectivity index is 2.15. The minimum atomic E-state index is -0.250. The monoisotopic (exact) mass is 271 g/mol. The van der Waals surface area contributed by atoms with Gasteiger partial charge in [0.15, 0.2) is 0 Å². The van der Waals surface area contributed by atoms with Crippen molar-refractivity contribution in [3.63, 3.8) is 0 Å². The van der Waals surface area contributed by atoms with Crippen molar-refractivity contribution in [2.45, 2.75) is 24.9 Å². The first-order valence-electron chi connectivity index (χ1n) is 6.89. The second-order valence-electron chi connectivity index (χ2n) is 6.08.